The van der Waals surface area contributed by atoms with E-state index in [1.807, 2.05) is 0 Å². The number of amides is 1. The molecule has 1 N–H and O–H groups in total. The fourth-order valence-electron chi connectivity index (χ4n) is 2.84. The lowest BCUT2D eigenvalue weighted by atomic mass is 10.2. The third-order valence-corrected chi connectivity index (χ3v) is 7.35. The highest BCUT2D eigenvalue weighted by Gasteiger charge is 2.31. The van der Waals surface area contributed by atoms with E-state index >= 15 is 0 Å². The molecule has 3 rings (SSSR count). The average Bonchev–Trinajstić information content (AvgIpc) is 3.14. The summed E-state index contributed by atoms with van der Waals surface area (Å²) in [5.41, 5.74) is -1.13. The Balaban J connectivity index is 1.72. The maximum Gasteiger partial charge on any atom is 0.416 e. The predicted molar refractivity (Wildman–Crippen MR) is 123 cm³/mol. The number of benzene rings is 2. The van der Waals surface area contributed by atoms with Crippen LogP contribution in [0.25, 0.3) is 0 Å². The Kier molecular flexibility index (Phi) is 8.05. The average molecular weight is 531 g/mol. The van der Waals surface area contributed by atoms with Crippen LogP contribution in [0.1, 0.15) is 11.4 Å². The summed E-state index contributed by atoms with van der Waals surface area (Å²) in [5, 5.41) is 10.5. The van der Waals surface area contributed by atoms with Gasteiger partial charge in [0.2, 0.25) is 5.91 Å². The first kappa shape index (κ1) is 25.8. The summed E-state index contributed by atoms with van der Waals surface area (Å²) in [7, 11) is -3.69. The first-order chi connectivity index (χ1) is 16.0. The maximum absolute atomic E-state index is 12.9. The highest BCUT2D eigenvalue weighted by molar-refractivity contribution is 7.99. The van der Waals surface area contributed by atoms with Crippen molar-refractivity contribution < 1.29 is 26.4 Å². The molecular formula is C21H18ClF3N4O3S2. The molecule has 0 bridgehead atoms. The van der Waals surface area contributed by atoms with Crippen LogP contribution in [-0.4, -0.2) is 34.8 Å². The van der Waals surface area contributed by atoms with Gasteiger partial charge in [-0.25, -0.2) is 8.42 Å². The van der Waals surface area contributed by atoms with Crippen LogP contribution in [0.3, 0.4) is 0 Å². The van der Waals surface area contributed by atoms with E-state index in [0.717, 1.165) is 30.0 Å². The second-order valence-electron chi connectivity index (χ2n) is 6.90. The number of anilines is 1. The van der Waals surface area contributed by atoms with Crippen molar-refractivity contribution in [1.29, 1.82) is 0 Å². The van der Waals surface area contributed by atoms with E-state index in [-0.39, 0.29) is 38.9 Å². The van der Waals surface area contributed by atoms with Crippen molar-refractivity contribution in [3.05, 3.63) is 77.6 Å². The number of carbonyl (C=O) groups is 1. The van der Waals surface area contributed by atoms with Gasteiger partial charge in [0.1, 0.15) is 11.6 Å². The molecule has 0 fully saturated rings. The smallest absolute Gasteiger partial charge is 0.324 e. The first-order valence-corrected chi connectivity index (χ1v) is 12.6. The number of hydrogen-bond acceptors (Lipinski definition) is 6. The van der Waals surface area contributed by atoms with Gasteiger partial charge in [0.15, 0.2) is 15.0 Å². The zero-order valence-electron chi connectivity index (χ0n) is 17.4. The van der Waals surface area contributed by atoms with Gasteiger partial charge >= 0.3 is 6.18 Å². The number of allylic oxidation sites excluding steroid dienone is 1. The number of rotatable bonds is 9. The Hall–Kier alpha value is -2.83. The fraction of sp³-hybridized carbons (Fsp3) is 0.190. The Morgan fingerprint density at radius 3 is 2.53 bits per heavy atom. The molecule has 13 heteroatoms. The third kappa shape index (κ3) is 6.39. The lowest BCUT2D eigenvalue weighted by Gasteiger charge is -2.12. The van der Waals surface area contributed by atoms with Crippen LogP contribution in [0.2, 0.25) is 5.02 Å². The molecule has 2 aromatic carbocycles. The number of alkyl halides is 3. The Labute approximate surface area is 202 Å². The summed E-state index contributed by atoms with van der Waals surface area (Å²) in [6.07, 6.45) is -3.06. The highest BCUT2D eigenvalue weighted by atomic mass is 35.5. The zero-order valence-corrected chi connectivity index (χ0v) is 19.8. The van der Waals surface area contributed by atoms with Crippen LogP contribution < -0.4 is 5.32 Å². The van der Waals surface area contributed by atoms with Gasteiger partial charge in [0, 0.05) is 6.54 Å². The van der Waals surface area contributed by atoms with E-state index in [0.29, 0.717) is 0 Å². The predicted octanol–water partition coefficient (Wildman–Crippen LogP) is 4.84. The van der Waals surface area contributed by atoms with E-state index in [4.69, 9.17) is 11.6 Å². The van der Waals surface area contributed by atoms with Crippen molar-refractivity contribution in [3.8, 4) is 0 Å². The van der Waals surface area contributed by atoms with Gasteiger partial charge in [0.25, 0.3) is 0 Å². The van der Waals surface area contributed by atoms with Crippen LogP contribution >= 0.6 is 23.4 Å². The number of aromatic nitrogens is 3. The number of sulfone groups is 1. The molecule has 0 aliphatic rings. The largest absolute Gasteiger partial charge is 0.416 e. The molecule has 180 valence electrons. The van der Waals surface area contributed by atoms with Gasteiger partial charge in [-0.15, -0.1) is 16.8 Å². The van der Waals surface area contributed by atoms with E-state index < -0.39 is 33.2 Å². The molecule has 1 amide bonds. The molecule has 1 heterocycles. The number of hydrogen-bond donors (Lipinski definition) is 1. The van der Waals surface area contributed by atoms with Gasteiger partial charge in [-0.1, -0.05) is 47.6 Å². The molecule has 0 aliphatic heterocycles. The van der Waals surface area contributed by atoms with Crippen molar-refractivity contribution in [2.45, 2.75) is 28.5 Å². The number of halogens is 4. The van der Waals surface area contributed by atoms with Crippen LogP contribution in [0.15, 0.2) is 71.2 Å². The molecule has 0 unspecified atom stereocenters. The minimum absolute atomic E-state index is 0.0467. The van der Waals surface area contributed by atoms with E-state index in [1.54, 1.807) is 18.2 Å². The number of thioether (sulfide) groups is 1. The fourth-order valence-corrected chi connectivity index (χ4v) is 5.06. The molecule has 7 nitrogen and oxygen atoms in total. The summed E-state index contributed by atoms with van der Waals surface area (Å²) in [6, 6.07) is 10.5. The molecule has 0 aliphatic carbocycles. The second kappa shape index (κ2) is 10.6. The SMILES string of the molecule is C=CCn1c(CS(=O)(=O)c2ccccc2)nnc1SCC(=O)Nc1cc(C(F)(F)F)ccc1Cl. The first-order valence-electron chi connectivity index (χ1n) is 9.61. The number of nitrogens with zero attached hydrogens (tertiary/aromatic N) is 3. The van der Waals surface area contributed by atoms with Crippen LogP contribution in [0.5, 0.6) is 0 Å². The number of carbonyl (C=O) groups excluding carboxylic acids is 1. The van der Waals surface area contributed by atoms with Gasteiger partial charge < -0.3 is 9.88 Å². The molecular weight excluding hydrogens is 513 g/mol. The Morgan fingerprint density at radius 2 is 1.88 bits per heavy atom. The normalized spacial score (nSPS) is 11.9. The molecule has 0 spiro atoms. The van der Waals surface area contributed by atoms with Crippen LogP contribution in [0.4, 0.5) is 18.9 Å². The molecule has 0 radical (unpaired) electrons. The molecule has 34 heavy (non-hydrogen) atoms. The summed E-state index contributed by atoms with van der Waals surface area (Å²) < 4.78 is 65.7. The molecule has 0 saturated heterocycles. The third-order valence-electron chi connectivity index (χ3n) is 4.43. The van der Waals surface area contributed by atoms with Crippen molar-refractivity contribution in [1.82, 2.24) is 14.8 Å². The van der Waals surface area contributed by atoms with E-state index in [2.05, 4.69) is 22.1 Å². The Bertz CT molecular complexity index is 1300. The number of nitrogens with one attached hydrogen (secondary N) is 1. The lowest BCUT2D eigenvalue weighted by Crippen LogP contribution is -2.16. The van der Waals surface area contributed by atoms with Gasteiger partial charge in [-0.2, -0.15) is 13.2 Å². The summed E-state index contributed by atoms with van der Waals surface area (Å²) in [6.45, 7) is 3.83. The quantitative estimate of drug-likeness (QED) is 0.314. The van der Waals surface area contributed by atoms with Gasteiger partial charge in [0.05, 0.1) is 26.9 Å². The molecule has 0 saturated carbocycles. The molecule has 3 aromatic rings. The Morgan fingerprint density at radius 1 is 1.18 bits per heavy atom. The van der Waals surface area contributed by atoms with Crippen molar-refractivity contribution >= 4 is 44.8 Å². The lowest BCUT2D eigenvalue weighted by molar-refractivity contribution is -0.137. The van der Waals surface area contributed by atoms with Crippen LogP contribution in [0, 0.1) is 0 Å². The maximum atomic E-state index is 12.9. The second-order valence-corrected chi connectivity index (χ2v) is 10.2. The minimum atomic E-state index is -4.59. The summed E-state index contributed by atoms with van der Waals surface area (Å²) >= 11 is 6.85. The topological polar surface area (TPSA) is 93.9 Å². The standard InChI is InChI=1S/C21H18ClF3N4O3S2/c1-2-10-29-18(13-34(31,32)15-6-4-3-5-7-15)27-28-20(29)33-12-19(30)26-17-11-14(21(23,24)25)8-9-16(17)22/h2-9,11H,1,10,12-13H2,(H,26,30). The van der Waals surface area contributed by atoms with Crippen LogP contribution in [-0.2, 0) is 33.1 Å². The summed E-state index contributed by atoms with van der Waals surface area (Å²) in [5.74, 6) is -1.11. The zero-order chi connectivity index (χ0) is 24.9. The minimum Gasteiger partial charge on any atom is -0.324 e. The highest BCUT2D eigenvalue weighted by Crippen LogP contribution is 2.34. The monoisotopic (exact) mass is 530 g/mol. The van der Waals surface area contributed by atoms with Gasteiger partial charge in [-0.3, -0.25) is 4.79 Å². The van der Waals surface area contributed by atoms with Crippen molar-refractivity contribution in [3.63, 3.8) is 0 Å². The van der Waals surface area contributed by atoms with Crippen molar-refractivity contribution in [2.75, 3.05) is 11.1 Å². The van der Waals surface area contributed by atoms with Crippen molar-refractivity contribution in [2.24, 2.45) is 0 Å². The van der Waals surface area contributed by atoms with E-state index in [1.165, 1.54) is 22.8 Å². The summed E-state index contributed by atoms with van der Waals surface area (Å²) in [4.78, 5) is 12.5. The molecule has 1 aromatic heterocycles. The van der Waals surface area contributed by atoms with E-state index in [9.17, 15) is 26.4 Å². The van der Waals surface area contributed by atoms with Gasteiger partial charge in [-0.05, 0) is 30.3 Å². The molecule has 0 atom stereocenters.